The summed E-state index contributed by atoms with van der Waals surface area (Å²) in [6, 6.07) is 18.8. The van der Waals surface area contributed by atoms with Crippen molar-refractivity contribution < 1.29 is 4.74 Å². The average Bonchev–Trinajstić information content (AvgIpc) is 2.54. The lowest BCUT2D eigenvalue weighted by Gasteiger charge is -2.22. The highest BCUT2D eigenvalue weighted by molar-refractivity contribution is 5.28. The van der Waals surface area contributed by atoms with Crippen LogP contribution in [0.25, 0.3) is 0 Å². The van der Waals surface area contributed by atoms with Crippen LogP contribution in [0.2, 0.25) is 0 Å². The van der Waals surface area contributed by atoms with Crippen molar-refractivity contribution >= 4 is 0 Å². The summed E-state index contributed by atoms with van der Waals surface area (Å²) in [4.78, 5) is 2.39. The normalized spacial score (nSPS) is 10.8. The molecule has 3 nitrogen and oxygen atoms in total. The summed E-state index contributed by atoms with van der Waals surface area (Å²) in [5, 5.41) is 0. The molecule has 112 valence electrons. The summed E-state index contributed by atoms with van der Waals surface area (Å²) < 4.78 is 5.28. The molecule has 2 N–H and O–H groups in total. The lowest BCUT2D eigenvalue weighted by Crippen LogP contribution is -2.31. The lowest BCUT2D eigenvalue weighted by molar-refractivity contribution is 0.276. The van der Waals surface area contributed by atoms with Crippen molar-refractivity contribution in [3.8, 4) is 5.75 Å². The summed E-state index contributed by atoms with van der Waals surface area (Å²) >= 11 is 0. The molecule has 0 aliphatic rings. The van der Waals surface area contributed by atoms with Gasteiger partial charge in [-0.25, -0.2) is 0 Å². The molecule has 0 spiro atoms. The summed E-state index contributed by atoms with van der Waals surface area (Å²) in [6.07, 6.45) is 1.05. The largest absolute Gasteiger partial charge is 0.497 e. The Morgan fingerprint density at radius 2 is 1.71 bits per heavy atom. The molecular weight excluding hydrogens is 260 g/mol. The van der Waals surface area contributed by atoms with E-state index < -0.39 is 0 Å². The molecule has 21 heavy (non-hydrogen) atoms. The van der Waals surface area contributed by atoms with Crippen LogP contribution >= 0.6 is 0 Å². The van der Waals surface area contributed by atoms with Gasteiger partial charge in [0, 0.05) is 26.2 Å². The highest BCUT2D eigenvalue weighted by atomic mass is 16.5. The minimum atomic E-state index is 0.679. The van der Waals surface area contributed by atoms with Gasteiger partial charge in [-0.2, -0.15) is 0 Å². The molecule has 0 amide bonds. The number of nitrogens with zero attached hydrogens (tertiary/aromatic N) is 1. The molecule has 0 radical (unpaired) electrons. The van der Waals surface area contributed by atoms with Gasteiger partial charge in [0.2, 0.25) is 0 Å². The van der Waals surface area contributed by atoms with Gasteiger partial charge in [0.1, 0.15) is 5.75 Å². The van der Waals surface area contributed by atoms with Crippen LogP contribution in [-0.4, -0.2) is 31.6 Å². The third kappa shape index (κ3) is 5.21. The van der Waals surface area contributed by atoms with Crippen molar-refractivity contribution in [2.75, 3.05) is 26.7 Å². The van der Waals surface area contributed by atoms with Crippen LogP contribution in [0.3, 0.4) is 0 Å². The lowest BCUT2D eigenvalue weighted by atomic mass is 10.1. The van der Waals surface area contributed by atoms with Crippen molar-refractivity contribution in [2.24, 2.45) is 5.73 Å². The van der Waals surface area contributed by atoms with Crippen molar-refractivity contribution in [1.29, 1.82) is 0 Å². The Labute approximate surface area is 127 Å². The van der Waals surface area contributed by atoms with E-state index >= 15 is 0 Å². The maximum Gasteiger partial charge on any atom is 0.119 e. The summed E-state index contributed by atoms with van der Waals surface area (Å²) in [7, 11) is 1.70. The minimum Gasteiger partial charge on any atom is -0.497 e. The quantitative estimate of drug-likeness (QED) is 0.810. The first-order valence-corrected chi connectivity index (χ1v) is 7.41. The Kier molecular flexibility index (Phi) is 6.25. The SMILES string of the molecule is COc1cccc(CN(CCN)CCc2ccccc2)c1. The van der Waals surface area contributed by atoms with Gasteiger partial charge in [0.05, 0.1) is 7.11 Å². The Hall–Kier alpha value is -1.84. The Morgan fingerprint density at radius 1 is 0.952 bits per heavy atom. The van der Waals surface area contributed by atoms with Gasteiger partial charge in [-0.3, -0.25) is 4.90 Å². The van der Waals surface area contributed by atoms with E-state index in [-0.39, 0.29) is 0 Å². The van der Waals surface area contributed by atoms with Crippen LogP contribution in [0.4, 0.5) is 0 Å². The highest BCUT2D eigenvalue weighted by Crippen LogP contribution is 2.14. The Balaban J connectivity index is 1.94. The molecule has 0 saturated carbocycles. The minimum absolute atomic E-state index is 0.679. The molecular formula is C18H24N2O. The van der Waals surface area contributed by atoms with E-state index in [1.54, 1.807) is 7.11 Å². The van der Waals surface area contributed by atoms with E-state index in [0.29, 0.717) is 6.54 Å². The second kappa shape index (κ2) is 8.45. The van der Waals surface area contributed by atoms with E-state index in [1.165, 1.54) is 11.1 Å². The monoisotopic (exact) mass is 284 g/mol. The van der Waals surface area contributed by atoms with Crippen LogP contribution in [0.15, 0.2) is 54.6 Å². The first-order valence-electron chi connectivity index (χ1n) is 7.41. The van der Waals surface area contributed by atoms with Gasteiger partial charge < -0.3 is 10.5 Å². The molecule has 2 aromatic rings. The van der Waals surface area contributed by atoms with E-state index in [4.69, 9.17) is 10.5 Å². The second-order valence-electron chi connectivity index (χ2n) is 5.15. The Bertz CT molecular complexity index is 528. The van der Waals surface area contributed by atoms with E-state index in [1.807, 2.05) is 12.1 Å². The zero-order valence-electron chi connectivity index (χ0n) is 12.7. The summed E-state index contributed by atoms with van der Waals surface area (Å²) in [6.45, 7) is 3.50. The van der Waals surface area contributed by atoms with Crippen LogP contribution in [-0.2, 0) is 13.0 Å². The average molecular weight is 284 g/mol. The number of benzene rings is 2. The fourth-order valence-electron chi connectivity index (χ4n) is 2.41. The molecule has 0 heterocycles. The topological polar surface area (TPSA) is 38.5 Å². The van der Waals surface area contributed by atoms with Crippen LogP contribution < -0.4 is 10.5 Å². The highest BCUT2D eigenvalue weighted by Gasteiger charge is 2.06. The molecule has 3 heteroatoms. The van der Waals surface area contributed by atoms with Crippen LogP contribution in [0.5, 0.6) is 5.75 Å². The fourth-order valence-corrected chi connectivity index (χ4v) is 2.41. The molecule has 0 aliphatic carbocycles. The molecule has 2 aromatic carbocycles. The van der Waals surface area contributed by atoms with Crippen molar-refractivity contribution in [3.63, 3.8) is 0 Å². The fraction of sp³-hybridized carbons (Fsp3) is 0.333. The maximum absolute atomic E-state index is 5.74. The van der Waals surface area contributed by atoms with E-state index in [0.717, 1.165) is 31.8 Å². The molecule has 0 unspecified atom stereocenters. The second-order valence-corrected chi connectivity index (χ2v) is 5.15. The standard InChI is InChI=1S/C18H24N2O/c1-21-18-9-5-8-17(14-18)15-20(13-11-19)12-10-16-6-3-2-4-7-16/h2-9,14H,10-13,15,19H2,1H3. The molecule has 0 aliphatic heterocycles. The predicted octanol–water partition coefficient (Wildman–Crippen LogP) is 2.70. The molecule has 0 aromatic heterocycles. The summed E-state index contributed by atoms with van der Waals surface area (Å²) in [5.41, 5.74) is 8.37. The smallest absolute Gasteiger partial charge is 0.119 e. The molecule has 0 saturated heterocycles. The number of methoxy groups -OCH3 is 1. The molecule has 2 rings (SSSR count). The number of rotatable bonds is 8. The summed E-state index contributed by atoms with van der Waals surface area (Å²) in [5.74, 6) is 0.906. The first kappa shape index (κ1) is 15.5. The first-order chi connectivity index (χ1) is 10.3. The zero-order valence-corrected chi connectivity index (χ0v) is 12.7. The molecule has 0 fully saturated rings. The number of hydrogen-bond donors (Lipinski definition) is 1. The van der Waals surface area contributed by atoms with Gasteiger partial charge in [-0.1, -0.05) is 42.5 Å². The van der Waals surface area contributed by atoms with Gasteiger partial charge in [-0.15, -0.1) is 0 Å². The van der Waals surface area contributed by atoms with Crippen LogP contribution in [0, 0.1) is 0 Å². The van der Waals surface area contributed by atoms with Gasteiger partial charge in [-0.05, 0) is 29.7 Å². The third-order valence-electron chi connectivity index (χ3n) is 3.55. The van der Waals surface area contributed by atoms with E-state index in [9.17, 15) is 0 Å². The van der Waals surface area contributed by atoms with Gasteiger partial charge in [0.15, 0.2) is 0 Å². The van der Waals surface area contributed by atoms with Crippen molar-refractivity contribution in [1.82, 2.24) is 4.90 Å². The predicted molar refractivity (Wildman–Crippen MR) is 87.5 cm³/mol. The Morgan fingerprint density at radius 3 is 2.43 bits per heavy atom. The number of ether oxygens (including phenoxy) is 1. The van der Waals surface area contributed by atoms with E-state index in [2.05, 4.69) is 47.4 Å². The molecule has 0 atom stereocenters. The third-order valence-corrected chi connectivity index (χ3v) is 3.55. The van der Waals surface area contributed by atoms with Crippen molar-refractivity contribution in [2.45, 2.75) is 13.0 Å². The van der Waals surface area contributed by atoms with Gasteiger partial charge in [0.25, 0.3) is 0 Å². The van der Waals surface area contributed by atoms with Crippen LogP contribution in [0.1, 0.15) is 11.1 Å². The maximum atomic E-state index is 5.74. The number of hydrogen-bond acceptors (Lipinski definition) is 3. The van der Waals surface area contributed by atoms with Gasteiger partial charge >= 0.3 is 0 Å². The molecule has 0 bridgehead atoms. The number of nitrogens with two attached hydrogens (primary N) is 1. The zero-order chi connectivity index (χ0) is 14.9. The van der Waals surface area contributed by atoms with Crippen molar-refractivity contribution in [3.05, 3.63) is 65.7 Å².